The van der Waals surface area contributed by atoms with Crippen molar-refractivity contribution in [1.82, 2.24) is 14.8 Å². The summed E-state index contributed by atoms with van der Waals surface area (Å²) >= 11 is 0. The summed E-state index contributed by atoms with van der Waals surface area (Å²) in [5.74, 6) is 0.650. The van der Waals surface area contributed by atoms with Crippen LogP contribution in [0, 0.1) is 0 Å². The van der Waals surface area contributed by atoms with Crippen molar-refractivity contribution in [2.24, 2.45) is 0 Å². The van der Waals surface area contributed by atoms with Crippen LogP contribution in [0.3, 0.4) is 0 Å². The largest absolute Gasteiger partial charge is 0.497 e. The highest BCUT2D eigenvalue weighted by atomic mass is 16.5. The lowest BCUT2D eigenvalue weighted by Gasteiger charge is -2.33. The number of pyridine rings is 1. The number of aryl methyl sites for hydroxylation is 1. The Morgan fingerprint density at radius 2 is 1.80 bits per heavy atom. The maximum Gasteiger partial charge on any atom is 0.257 e. The van der Waals surface area contributed by atoms with Gasteiger partial charge in [-0.05, 0) is 79.5 Å². The molecule has 0 unspecified atom stereocenters. The molecular weight excluding hydrogens is 436 g/mol. The third-order valence-electron chi connectivity index (χ3n) is 6.91. The maximum atomic E-state index is 12.8. The summed E-state index contributed by atoms with van der Waals surface area (Å²) in [6.07, 6.45) is 6.05. The summed E-state index contributed by atoms with van der Waals surface area (Å²) in [7, 11) is 3.84. The van der Waals surface area contributed by atoms with Gasteiger partial charge in [0.15, 0.2) is 0 Å². The molecule has 0 atom stereocenters. The van der Waals surface area contributed by atoms with Crippen molar-refractivity contribution in [1.29, 1.82) is 0 Å². The lowest BCUT2D eigenvalue weighted by Crippen LogP contribution is -2.45. The first-order chi connectivity index (χ1) is 17.1. The molecule has 0 radical (unpaired) electrons. The van der Waals surface area contributed by atoms with E-state index in [0.29, 0.717) is 5.56 Å². The molecule has 0 spiro atoms. The molecule has 1 aliphatic heterocycles. The van der Waals surface area contributed by atoms with E-state index in [1.54, 1.807) is 13.3 Å². The number of nitrogens with one attached hydrogen (secondary N) is 1. The highest BCUT2D eigenvalue weighted by Gasteiger charge is 2.18. The van der Waals surface area contributed by atoms with Crippen molar-refractivity contribution in [3.05, 3.63) is 83.1 Å². The minimum atomic E-state index is -0.152. The molecule has 6 nitrogen and oxygen atoms in total. The number of carbonyl (C=O) groups excluding carboxylic acids is 1. The van der Waals surface area contributed by atoms with Crippen molar-refractivity contribution >= 4 is 17.7 Å². The summed E-state index contributed by atoms with van der Waals surface area (Å²) in [5, 5.41) is 3.03. The smallest absolute Gasteiger partial charge is 0.257 e. The first-order valence-corrected chi connectivity index (χ1v) is 12.2. The molecule has 1 N–H and O–H groups in total. The third kappa shape index (κ3) is 5.61. The van der Waals surface area contributed by atoms with Gasteiger partial charge in [-0.25, -0.2) is 0 Å². The zero-order chi connectivity index (χ0) is 24.2. The fourth-order valence-corrected chi connectivity index (χ4v) is 4.71. The number of hydrogen-bond acceptors (Lipinski definition) is 5. The Bertz CT molecular complexity index is 1210. The van der Waals surface area contributed by atoms with Crippen molar-refractivity contribution in [3.63, 3.8) is 0 Å². The molecule has 3 aromatic rings. The van der Waals surface area contributed by atoms with Gasteiger partial charge in [0.05, 0.1) is 18.4 Å². The zero-order valence-corrected chi connectivity index (χ0v) is 20.5. The minimum Gasteiger partial charge on any atom is -0.497 e. The average Bonchev–Trinajstić information content (AvgIpc) is 2.90. The lowest BCUT2D eigenvalue weighted by atomic mass is 9.91. The van der Waals surface area contributed by atoms with Gasteiger partial charge in [0.25, 0.3) is 5.91 Å². The van der Waals surface area contributed by atoms with E-state index in [0.717, 1.165) is 68.3 Å². The third-order valence-corrected chi connectivity index (χ3v) is 6.91. The second-order valence-corrected chi connectivity index (χ2v) is 9.41. The van der Waals surface area contributed by atoms with Gasteiger partial charge in [0, 0.05) is 50.2 Å². The standard InChI is InChI=1S/C29H32N4O2/c1-32-13-15-33(16-14-32)20-21-3-4-24-18-26(9-5-23(24)17-21)31-29(34)25-8-12-28(30-19-25)22-6-10-27(35-2)11-7-22/h5-12,17-19H,3-4,13-16,20H2,1-2H3,(H,31,34). The van der Waals surface area contributed by atoms with E-state index in [4.69, 9.17) is 4.74 Å². The van der Waals surface area contributed by atoms with Crippen molar-refractivity contribution in [2.45, 2.75) is 12.8 Å². The molecule has 0 saturated carbocycles. The Balaban J connectivity index is 1.21. The van der Waals surface area contributed by atoms with E-state index in [2.05, 4.69) is 45.4 Å². The predicted molar refractivity (Wildman–Crippen MR) is 141 cm³/mol. The number of ether oxygens (including phenoxy) is 1. The highest BCUT2D eigenvalue weighted by Crippen LogP contribution is 2.28. The van der Waals surface area contributed by atoms with Gasteiger partial charge in [-0.15, -0.1) is 0 Å². The summed E-state index contributed by atoms with van der Waals surface area (Å²) in [6.45, 7) is 5.63. The van der Waals surface area contributed by atoms with Crippen molar-refractivity contribution in [2.75, 3.05) is 52.2 Å². The van der Waals surface area contributed by atoms with Crippen LogP contribution in [0.25, 0.3) is 17.3 Å². The first-order valence-electron chi connectivity index (χ1n) is 12.2. The number of anilines is 1. The molecule has 1 aromatic heterocycles. The molecule has 6 heteroatoms. The van der Waals surface area contributed by atoms with Crippen LogP contribution in [-0.2, 0) is 6.42 Å². The highest BCUT2D eigenvalue weighted by molar-refractivity contribution is 6.04. The van der Waals surface area contributed by atoms with Gasteiger partial charge < -0.3 is 15.0 Å². The SMILES string of the molecule is COc1ccc(-c2ccc(C(=O)Nc3ccc4c(c3)CCC(CN3CCN(C)CC3)=C4)cn2)cc1. The van der Waals surface area contributed by atoms with Crippen LogP contribution >= 0.6 is 0 Å². The first kappa shape index (κ1) is 23.3. The van der Waals surface area contributed by atoms with Crippen LogP contribution < -0.4 is 10.1 Å². The van der Waals surface area contributed by atoms with Gasteiger partial charge in [-0.2, -0.15) is 0 Å². The predicted octanol–water partition coefficient (Wildman–Crippen LogP) is 4.59. The molecule has 180 valence electrons. The molecule has 1 saturated heterocycles. The number of aromatic nitrogens is 1. The lowest BCUT2D eigenvalue weighted by molar-refractivity contribution is 0.102. The maximum absolute atomic E-state index is 12.8. The second kappa shape index (κ2) is 10.4. The number of rotatable bonds is 6. The molecule has 5 rings (SSSR count). The molecule has 1 aliphatic carbocycles. The number of piperazine rings is 1. The average molecular weight is 469 g/mol. The fraction of sp³-hybridized carbons (Fsp3) is 0.310. The van der Waals surface area contributed by atoms with Crippen LogP contribution in [-0.4, -0.2) is 67.6 Å². The summed E-state index contributed by atoms with van der Waals surface area (Å²) in [6, 6.07) is 17.6. The van der Waals surface area contributed by atoms with E-state index >= 15 is 0 Å². The van der Waals surface area contributed by atoms with Gasteiger partial charge in [-0.3, -0.25) is 14.7 Å². The van der Waals surface area contributed by atoms with E-state index < -0.39 is 0 Å². The summed E-state index contributed by atoms with van der Waals surface area (Å²) < 4.78 is 5.21. The van der Waals surface area contributed by atoms with Crippen LogP contribution in [0.1, 0.15) is 27.9 Å². The number of amides is 1. The Labute approximate surface area is 207 Å². The number of benzene rings is 2. The summed E-state index contributed by atoms with van der Waals surface area (Å²) in [5.41, 5.74) is 7.21. The number of nitrogens with zero attached hydrogens (tertiary/aromatic N) is 3. The molecule has 2 heterocycles. The number of hydrogen-bond donors (Lipinski definition) is 1. The van der Waals surface area contributed by atoms with E-state index in [1.807, 2.05) is 42.5 Å². The Hall–Kier alpha value is -3.48. The molecule has 2 aromatic carbocycles. The van der Waals surface area contributed by atoms with Gasteiger partial charge >= 0.3 is 0 Å². The molecule has 1 amide bonds. The normalized spacial score (nSPS) is 16.3. The topological polar surface area (TPSA) is 57.7 Å². The fourth-order valence-electron chi connectivity index (χ4n) is 4.71. The number of fused-ring (bicyclic) bond motifs is 1. The van der Waals surface area contributed by atoms with Crippen LogP contribution in [0.2, 0.25) is 0 Å². The number of likely N-dealkylation sites (N-methyl/N-ethyl adjacent to an activating group) is 1. The molecule has 1 fully saturated rings. The van der Waals surface area contributed by atoms with Crippen molar-refractivity contribution < 1.29 is 9.53 Å². The quantitative estimate of drug-likeness (QED) is 0.574. The summed E-state index contributed by atoms with van der Waals surface area (Å²) in [4.78, 5) is 22.2. The Morgan fingerprint density at radius 1 is 1.00 bits per heavy atom. The Morgan fingerprint density at radius 3 is 2.51 bits per heavy atom. The van der Waals surface area contributed by atoms with Gasteiger partial charge in [-0.1, -0.05) is 17.7 Å². The van der Waals surface area contributed by atoms with Crippen molar-refractivity contribution in [3.8, 4) is 17.0 Å². The van der Waals surface area contributed by atoms with E-state index in [-0.39, 0.29) is 5.91 Å². The molecule has 2 aliphatic rings. The monoisotopic (exact) mass is 468 g/mol. The van der Waals surface area contributed by atoms with Crippen LogP contribution in [0.15, 0.2) is 66.4 Å². The number of carbonyl (C=O) groups is 1. The van der Waals surface area contributed by atoms with E-state index in [1.165, 1.54) is 16.7 Å². The zero-order valence-electron chi connectivity index (χ0n) is 20.5. The second-order valence-electron chi connectivity index (χ2n) is 9.41. The molecule has 35 heavy (non-hydrogen) atoms. The van der Waals surface area contributed by atoms with E-state index in [9.17, 15) is 4.79 Å². The Kier molecular flexibility index (Phi) is 6.93. The number of methoxy groups -OCH3 is 1. The van der Waals surface area contributed by atoms with Crippen LogP contribution in [0.5, 0.6) is 5.75 Å². The van der Waals surface area contributed by atoms with Crippen LogP contribution in [0.4, 0.5) is 5.69 Å². The van der Waals surface area contributed by atoms with Gasteiger partial charge in [0.2, 0.25) is 0 Å². The van der Waals surface area contributed by atoms with Gasteiger partial charge in [0.1, 0.15) is 5.75 Å². The molecule has 0 bridgehead atoms. The molecular formula is C29H32N4O2. The minimum absolute atomic E-state index is 0.152.